The third-order valence-electron chi connectivity index (χ3n) is 5.46. The number of thiophene rings is 1. The van der Waals surface area contributed by atoms with Gasteiger partial charge in [-0.15, -0.1) is 11.3 Å². The molecule has 0 radical (unpaired) electrons. The molecule has 0 aliphatic carbocycles. The Hall–Kier alpha value is -3.57. The fourth-order valence-electron chi connectivity index (χ4n) is 4.02. The van der Waals surface area contributed by atoms with Crippen LogP contribution in [0.3, 0.4) is 0 Å². The summed E-state index contributed by atoms with van der Waals surface area (Å²) in [6.07, 6.45) is 0. The van der Waals surface area contributed by atoms with E-state index in [1.165, 1.54) is 17.7 Å². The first-order valence-electron chi connectivity index (χ1n) is 10.5. The van der Waals surface area contributed by atoms with Gasteiger partial charge in [-0.2, -0.15) is 0 Å². The highest BCUT2D eigenvalue weighted by atomic mass is 32.1. The minimum absolute atomic E-state index is 0.242. The summed E-state index contributed by atoms with van der Waals surface area (Å²) in [7, 11) is 0. The van der Waals surface area contributed by atoms with Crippen molar-refractivity contribution in [3.8, 4) is 11.1 Å². The summed E-state index contributed by atoms with van der Waals surface area (Å²) in [4.78, 5) is 14.0. The molecule has 5 rings (SSSR count). The van der Waals surface area contributed by atoms with Crippen molar-refractivity contribution in [3.63, 3.8) is 0 Å². The Morgan fingerprint density at radius 3 is 2.16 bits per heavy atom. The lowest BCUT2D eigenvalue weighted by molar-refractivity contribution is 0.628. The van der Waals surface area contributed by atoms with Crippen molar-refractivity contribution in [2.45, 2.75) is 20.4 Å². The van der Waals surface area contributed by atoms with Crippen LogP contribution in [0.5, 0.6) is 0 Å². The standard InChI is InChI=1S/C27H22FN3S/c1-18-24(21-13-15-22(28)16-14-21)25-26(29-19(2)30-27(25)32-18)31(23-11-7-4-8-12-23)17-20-9-5-3-6-10-20/h3-16H,17H2,1-2H3. The van der Waals surface area contributed by atoms with Gasteiger partial charge in [-0.1, -0.05) is 60.7 Å². The smallest absolute Gasteiger partial charge is 0.146 e. The zero-order valence-electron chi connectivity index (χ0n) is 17.9. The van der Waals surface area contributed by atoms with E-state index in [0.717, 1.165) is 43.6 Å². The Kier molecular flexibility index (Phi) is 5.41. The molecule has 0 atom stereocenters. The molecule has 3 nitrogen and oxygen atoms in total. The molecule has 2 aromatic heterocycles. The molecule has 0 saturated carbocycles. The maximum Gasteiger partial charge on any atom is 0.146 e. The lowest BCUT2D eigenvalue weighted by Gasteiger charge is -2.25. The Labute approximate surface area is 190 Å². The van der Waals surface area contributed by atoms with Crippen molar-refractivity contribution in [2.24, 2.45) is 0 Å². The van der Waals surface area contributed by atoms with E-state index >= 15 is 0 Å². The summed E-state index contributed by atoms with van der Waals surface area (Å²) in [5.74, 6) is 1.35. The first kappa shape index (κ1) is 20.3. The molecular formula is C27H22FN3S. The van der Waals surface area contributed by atoms with E-state index in [-0.39, 0.29) is 5.82 Å². The molecule has 0 aliphatic rings. The summed E-state index contributed by atoms with van der Waals surface area (Å²) in [5.41, 5.74) is 4.28. The molecule has 0 N–H and O–H groups in total. The monoisotopic (exact) mass is 439 g/mol. The molecule has 5 heteroatoms. The predicted molar refractivity (Wildman–Crippen MR) is 131 cm³/mol. The van der Waals surface area contributed by atoms with Crippen LogP contribution in [-0.2, 0) is 6.54 Å². The van der Waals surface area contributed by atoms with Gasteiger partial charge in [-0.3, -0.25) is 0 Å². The maximum absolute atomic E-state index is 13.6. The van der Waals surface area contributed by atoms with Crippen LogP contribution in [0.1, 0.15) is 16.3 Å². The molecule has 32 heavy (non-hydrogen) atoms. The zero-order chi connectivity index (χ0) is 22.1. The number of anilines is 2. The summed E-state index contributed by atoms with van der Waals surface area (Å²) in [5, 5.41) is 1.00. The van der Waals surface area contributed by atoms with Gasteiger partial charge in [0, 0.05) is 22.7 Å². The van der Waals surface area contributed by atoms with Gasteiger partial charge in [0.1, 0.15) is 22.3 Å². The van der Waals surface area contributed by atoms with Crippen molar-refractivity contribution in [1.82, 2.24) is 9.97 Å². The molecule has 0 saturated heterocycles. The molecule has 5 aromatic rings. The molecule has 3 aromatic carbocycles. The van der Waals surface area contributed by atoms with Gasteiger partial charge in [-0.05, 0) is 49.2 Å². The summed E-state index contributed by atoms with van der Waals surface area (Å²) < 4.78 is 13.6. The van der Waals surface area contributed by atoms with Crippen molar-refractivity contribution < 1.29 is 4.39 Å². The average Bonchev–Trinajstić information content (AvgIpc) is 3.14. The van der Waals surface area contributed by atoms with E-state index in [1.54, 1.807) is 11.3 Å². The van der Waals surface area contributed by atoms with Crippen molar-refractivity contribution in [2.75, 3.05) is 4.90 Å². The average molecular weight is 440 g/mol. The van der Waals surface area contributed by atoms with Crippen molar-refractivity contribution >= 4 is 33.1 Å². The number of para-hydroxylation sites is 1. The highest BCUT2D eigenvalue weighted by molar-refractivity contribution is 7.19. The lowest BCUT2D eigenvalue weighted by atomic mass is 10.0. The lowest BCUT2D eigenvalue weighted by Crippen LogP contribution is -2.18. The third kappa shape index (κ3) is 3.87. The van der Waals surface area contributed by atoms with Crippen LogP contribution in [0, 0.1) is 19.7 Å². The molecule has 2 heterocycles. The topological polar surface area (TPSA) is 29.0 Å². The van der Waals surface area contributed by atoms with Crippen LogP contribution >= 0.6 is 11.3 Å². The second-order valence-electron chi connectivity index (χ2n) is 7.72. The van der Waals surface area contributed by atoms with E-state index in [1.807, 2.05) is 43.3 Å². The Bertz CT molecular complexity index is 1360. The number of aromatic nitrogens is 2. The van der Waals surface area contributed by atoms with Gasteiger partial charge < -0.3 is 4.90 Å². The van der Waals surface area contributed by atoms with E-state index in [0.29, 0.717) is 6.54 Å². The van der Waals surface area contributed by atoms with Crippen molar-refractivity contribution in [3.05, 3.63) is 107 Å². The predicted octanol–water partition coefficient (Wildman–Crippen LogP) is 7.45. The minimum Gasteiger partial charge on any atom is -0.321 e. The number of rotatable bonds is 5. The zero-order valence-corrected chi connectivity index (χ0v) is 18.7. The van der Waals surface area contributed by atoms with E-state index in [2.05, 4.69) is 48.2 Å². The van der Waals surface area contributed by atoms with Crippen LogP contribution in [-0.4, -0.2) is 9.97 Å². The van der Waals surface area contributed by atoms with Gasteiger partial charge in [0.25, 0.3) is 0 Å². The van der Waals surface area contributed by atoms with Crippen molar-refractivity contribution in [1.29, 1.82) is 0 Å². The number of hydrogen-bond donors (Lipinski definition) is 0. The molecular weight excluding hydrogens is 417 g/mol. The van der Waals surface area contributed by atoms with Crippen LogP contribution in [0.15, 0.2) is 84.9 Å². The number of aryl methyl sites for hydroxylation is 2. The van der Waals surface area contributed by atoms with Gasteiger partial charge in [-0.25, -0.2) is 14.4 Å². The molecule has 0 amide bonds. The minimum atomic E-state index is -0.242. The fourth-order valence-corrected chi connectivity index (χ4v) is 5.10. The highest BCUT2D eigenvalue weighted by Gasteiger charge is 2.22. The summed E-state index contributed by atoms with van der Waals surface area (Å²) >= 11 is 1.65. The fraction of sp³-hybridized carbons (Fsp3) is 0.111. The molecule has 0 bridgehead atoms. The van der Waals surface area contributed by atoms with Gasteiger partial charge >= 0.3 is 0 Å². The first-order valence-corrected chi connectivity index (χ1v) is 11.3. The van der Waals surface area contributed by atoms with E-state index < -0.39 is 0 Å². The second kappa shape index (κ2) is 8.52. The molecule has 0 fully saturated rings. The Morgan fingerprint density at radius 2 is 1.47 bits per heavy atom. The van der Waals surface area contributed by atoms with E-state index in [4.69, 9.17) is 9.97 Å². The molecule has 0 unspecified atom stereocenters. The number of nitrogens with zero attached hydrogens (tertiary/aromatic N) is 3. The maximum atomic E-state index is 13.6. The quantitative estimate of drug-likeness (QED) is 0.285. The van der Waals surface area contributed by atoms with Crippen LogP contribution in [0.25, 0.3) is 21.3 Å². The van der Waals surface area contributed by atoms with Crippen LogP contribution in [0.4, 0.5) is 15.9 Å². The van der Waals surface area contributed by atoms with Crippen LogP contribution < -0.4 is 4.90 Å². The first-order chi connectivity index (χ1) is 15.6. The van der Waals surface area contributed by atoms with Gasteiger partial charge in [0.2, 0.25) is 0 Å². The molecule has 0 aliphatic heterocycles. The molecule has 0 spiro atoms. The highest BCUT2D eigenvalue weighted by Crippen LogP contribution is 2.43. The van der Waals surface area contributed by atoms with Crippen LogP contribution in [0.2, 0.25) is 0 Å². The third-order valence-corrected chi connectivity index (χ3v) is 6.46. The number of fused-ring (bicyclic) bond motifs is 1. The number of halogens is 1. The van der Waals surface area contributed by atoms with E-state index in [9.17, 15) is 4.39 Å². The number of benzene rings is 3. The Morgan fingerprint density at radius 1 is 0.812 bits per heavy atom. The van der Waals surface area contributed by atoms with Gasteiger partial charge in [0.05, 0.1) is 5.39 Å². The normalized spacial score (nSPS) is 11.1. The summed E-state index contributed by atoms with van der Waals surface area (Å²) in [6.45, 7) is 4.70. The molecule has 158 valence electrons. The number of hydrogen-bond acceptors (Lipinski definition) is 4. The Balaban J connectivity index is 1.77. The SMILES string of the molecule is Cc1nc(N(Cc2ccccc2)c2ccccc2)c2c(-c3ccc(F)cc3)c(C)sc2n1. The van der Waals surface area contributed by atoms with Gasteiger partial charge in [0.15, 0.2) is 0 Å². The largest absolute Gasteiger partial charge is 0.321 e. The second-order valence-corrected chi connectivity index (χ2v) is 8.93. The summed E-state index contributed by atoms with van der Waals surface area (Å²) in [6, 6.07) is 27.4.